The molecule has 0 unspecified atom stereocenters. The minimum atomic E-state index is -0.197. The molecule has 2 aromatic carbocycles. The molecular formula is C16H19N3O. The van der Waals surface area contributed by atoms with E-state index in [0.717, 1.165) is 16.9 Å². The summed E-state index contributed by atoms with van der Waals surface area (Å²) < 4.78 is 0. The lowest BCUT2D eigenvalue weighted by molar-refractivity contribution is 0.102. The van der Waals surface area contributed by atoms with Crippen LogP contribution in [0.2, 0.25) is 0 Å². The van der Waals surface area contributed by atoms with Crippen LogP contribution in [0.3, 0.4) is 0 Å². The van der Waals surface area contributed by atoms with Crippen LogP contribution in [0.4, 0.5) is 17.1 Å². The third-order valence-electron chi connectivity index (χ3n) is 3.09. The lowest BCUT2D eigenvalue weighted by atomic mass is 10.1. The van der Waals surface area contributed by atoms with Crippen LogP contribution in [-0.2, 0) is 0 Å². The van der Waals surface area contributed by atoms with Gasteiger partial charge in [0.2, 0.25) is 0 Å². The maximum absolute atomic E-state index is 12.3. The summed E-state index contributed by atoms with van der Waals surface area (Å²) in [7, 11) is 3.87. The third-order valence-corrected chi connectivity index (χ3v) is 3.09. The number of nitrogens with zero attached hydrogens (tertiary/aromatic N) is 1. The zero-order valence-electron chi connectivity index (χ0n) is 12.0. The molecule has 0 aliphatic heterocycles. The van der Waals surface area contributed by atoms with Gasteiger partial charge in [0.15, 0.2) is 0 Å². The first-order valence-electron chi connectivity index (χ1n) is 6.43. The van der Waals surface area contributed by atoms with Crippen LogP contribution in [0.15, 0.2) is 42.5 Å². The molecule has 3 N–H and O–H groups in total. The van der Waals surface area contributed by atoms with Crippen LogP contribution in [-0.4, -0.2) is 20.0 Å². The maximum atomic E-state index is 12.3. The van der Waals surface area contributed by atoms with Crippen molar-refractivity contribution in [1.82, 2.24) is 0 Å². The minimum Gasteiger partial charge on any atom is -0.398 e. The van der Waals surface area contributed by atoms with Gasteiger partial charge in [-0.05, 0) is 36.8 Å². The van der Waals surface area contributed by atoms with Crippen LogP contribution >= 0.6 is 0 Å². The van der Waals surface area contributed by atoms with Gasteiger partial charge in [0.1, 0.15) is 0 Å². The Morgan fingerprint density at radius 2 is 1.85 bits per heavy atom. The van der Waals surface area contributed by atoms with Gasteiger partial charge in [0, 0.05) is 19.8 Å². The predicted octanol–water partition coefficient (Wildman–Crippen LogP) is 2.90. The summed E-state index contributed by atoms with van der Waals surface area (Å²) in [5.41, 5.74) is 9.63. The minimum absolute atomic E-state index is 0.197. The summed E-state index contributed by atoms with van der Waals surface area (Å²) in [5, 5.41) is 2.91. The third kappa shape index (κ3) is 2.91. The highest BCUT2D eigenvalue weighted by molar-refractivity contribution is 6.09. The Bertz CT molecular complexity index is 635. The topological polar surface area (TPSA) is 58.4 Å². The Morgan fingerprint density at radius 1 is 1.15 bits per heavy atom. The number of anilines is 3. The molecule has 0 aliphatic rings. The molecule has 4 heteroatoms. The van der Waals surface area contributed by atoms with Crippen LogP contribution in [0.1, 0.15) is 15.9 Å². The summed E-state index contributed by atoms with van der Waals surface area (Å²) in [6.07, 6.45) is 0. The van der Waals surface area contributed by atoms with Gasteiger partial charge >= 0.3 is 0 Å². The van der Waals surface area contributed by atoms with E-state index in [9.17, 15) is 4.79 Å². The van der Waals surface area contributed by atoms with E-state index < -0.39 is 0 Å². The van der Waals surface area contributed by atoms with Gasteiger partial charge in [-0.3, -0.25) is 4.79 Å². The molecule has 0 aliphatic carbocycles. The Hall–Kier alpha value is -2.49. The number of aryl methyl sites for hydroxylation is 1. The van der Waals surface area contributed by atoms with Gasteiger partial charge < -0.3 is 16.0 Å². The molecule has 2 rings (SSSR count). The highest BCUT2D eigenvalue weighted by atomic mass is 16.1. The normalized spacial score (nSPS) is 10.2. The van der Waals surface area contributed by atoms with Crippen LogP contribution in [0.25, 0.3) is 0 Å². The van der Waals surface area contributed by atoms with Crippen molar-refractivity contribution in [1.29, 1.82) is 0 Å². The van der Waals surface area contributed by atoms with Crippen molar-refractivity contribution < 1.29 is 4.79 Å². The molecule has 20 heavy (non-hydrogen) atoms. The molecule has 0 spiro atoms. The number of nitrogens with two attached hydrogens (primary N) is 1. The van der Waals surface area contributed by atoms with Crippen LogP contribution < -0.4 is 16.0 Å². The molecule has 0 atom stereocenters. The van der Waals surface area contributed by atoms with Crippen molar-refractivity contribution >= 4 is 23.0 Å². The molecular weight excluding hydrogens is 250 g/mol. The summed E-state index contributed by atoms with van der Waals surface area (Å²) in [6.45, 7) is 1.94. The molecule has 104 valence electrons. The number of carbonyl (C=O) groups excluding carboxylic acids is 1. The van der Waals surface area contributed by atoms with E-state index in [-0.39, 0.29) is 5.91 Å². The Kier molecular flexibility index (Phi) is 3.94. The summed E-state index contributed by atoms with van der Waals surface area (Å²) in [5.74, 6) is -0.197. The second-order valence-electron chi connectivity index (χ2n) is 4.96. The van der Waals surface area contributed by atoms with Gasteiger partial charge in [-0.25, -0.2) is 0 Å². The Labute approximate surface area is 119 Å². The quantitative estimate of drug-likeness (QED) is 0.842. The largest absolute Gasteiger partial charge is 0.398 e. The number of para-hydroxylation sites is 2. The number of nitrogens with one attached hydrogen (secondary N) is 1. The van der Waals surface area contributed by atoms with Crippen molar-refractivity contribution in [3.8, 4) is 0 Å². The number of rotatable bonds is 3. The molecule has 0 bridgehead atoms. The monoisotopic (exact) mass is 269 g/mol. The molecule has 2 aromatic rings. The SMILES string of the molecule is Cc1ccc(C(=O)Nc2ccccc2N(C)C)c(N)c1. The second kappa shape index (κ2) is 5.65. The fourth-order valence-electron chi connectivity index (χ4n) is 2.05. The molecule has 0 saturated carbocycles. The number of hydrogen-bond acceptors (Lipinski definition) is 3. The summed E-state index contributed by atoms with van der Waals surface area (Å²) in [6, 6.07) is 13.1. The zero-order chi connectivity index (χ0) is 14.7. The van der Waals surface area contributed by atoms with E-state index >= 15 is 0 Å². The fraction of sp³-hybridized carbons (Fsp3) is 0.188. The lowest BCUT2D eigenvalue weighted by Gasteiger charge is -2.18. The highest BCUT2D eigenvalue weighted by Gasteiger charge is 2.12. The molecule has 0 fully saturated rings. The van der Waals surface area contributed by atoms with E-state index in [1.54, 1.807) is 12.1 Å². The standard InChI is InChI=1S/C16H19N3O/c1-11-8-9-12(13(17)10-11)16(20)18-14-6-4-5-7-15(14)19(2)3/h4-10H,17H2,1-3H3,(H,18,20). The first-order chi connectivity index (χ1) is 9.49. The van der Waals surface area contributed by atoms with Gasteiger partial charge in [-0.15, -0.1) is 0 Å². The smallest absolute Gasteiger partial charge is 0.257 e. The van der Waals surface area contributed by atoms with Crippen molar-refractivity contribution in [2.75, 3.05) is 30.0 Å². The van der Waals surface area contributed by atoms with E-state index in [4.69, 9.17) is 5.73 Å². The van der Waals surface area contributed by atoms with Gasteiger partial charge in [-0.1, -0.05) is 18.2 Å². The number of carbonyl (C=O) groups is 1. The fourth-order valence-corrected chi connectivity index (χ4v) is 2.05. The summed E-state index contributed by atoms with van der Waals surface area (Å²) in [4.78, 5) is 14.3. The second-order valence-corrected chi connectivity index (χ2v) is 4.96. The van der Waals surface area contributed by atoms with Crippen LogP contribution in [0, 0.1) is 6.92 Å². The number of amides is 1. The molecule has 0 aromatic heterocycles. The van der Waals surface area contributed by atoms with E-state index in [2.05, 4.69) is 5.32 Å². The molecule has 1 amide bonds. The van der Waals surface area contributed by atoms with Crippen molar-refractivity contribution in [3.63, 3.8) is 0 Å². The van der Waals surface area contributed by atoms with Crippen LogP contribution in [0.5, 0.6) is 0 Å². The van der Waals surface area contributed by atoms with Gasteiger partial charge in [0.05, 0.1) is 16.9 Å². The van der Waals surface area contributed by atoms with Crippen molar-refractivity contribution in [2.45, 2.75) is 6.92 Å². The zero-order valence-corrected chi connectivity index (χ0v) is 12.0. The van der Waals surface area contributed by atoms with Crippen molar-refractivity contribution in [3.05, 3.63) is 53.6 Å². The predicted molar refractivity (Wildman–Crippen MR) is 84.3 cm³/mol. The highest BCUT2D eigenvalue weighted by Crippen LogP contribution is 2.25. The Morgan fingerprint density at radius 3 is 2.50 bits per heavy atom. The van der Waals surface area contributed by atoms with Gasteiger partial charge in [0.25, 0.3) is 5.91 Å². The Balaban J connectivity index is 2.28. The van der Waals surface area contributed by atoms with E-state index in [1.165, 1.54) is 0 Å². The maximum Gasteiger partial charge on any atom is 0.257 e. The average Bonchev–Trinajstić information content (AvgIpc) is 2.38. The average molecular weight is 269 g/mol. The molecule has 4 nitrogen and oxygen atoms in total. The molecule has 0 heterocycles. The number of nitrogen functional groups attached to an aromatic ring is 1. The van der Waals surface area contributed by atoms with E-state index in [0.29, 0.717) is 11.3 Å². The van der Waals surface area contributed by atoms with Gasteiger partial charge in [-0.2, -0.15) is 0 Å². The first kappa shape index (κ1) is 13.9. The number of hydrogen-bond donors (Lipinski definition) is 2. The first-order valence-corrected chi connectivity index (χ1v) is 6.43. The van der Waals surface area contributed by atoms with E-state index in [1.807, 2.05) is 56.3 Å². The summed E-state index contributed by atoms with van der Waals surface area (Å²) >= 11 is 0. The molecule has 0 saturated heterocycles. The number of benzene rings is 2. The molecule has 0 radical (unpaired) electrons. The lowest BCUT2D eigenvalue weighted by Crippen LogP contribution is -2.17. The van der Waals surface area contributed by atoms with Crippen molar-refractivity contribution in [2.24, 2.45) is 0 Å².